The van der Waals surface area contributed by atoms with Crippen LogP contribution in [0.3, 0.4) is 0 Å². The first kappa shape index (κ1) is 28.9. The zero-order chi connectivity index (χ0) is 32.2. The Morgan fingerprint density at radius 3 is 2.21 bits per heavy atom. The summed E-state index contributed by atoms with van der Waals surface area (Å²) in [5.41, 5.74) is 17.4. The molecule has 0 amide bonds. The summed E-state index contributed by atoms with van der Waals surface area (Å²) in [6, 6.07) is 52.0. The van der Waals surface area contributed by atoms with Crippen molar-refractivity contribution in [3.05, 3.63) is 162 Å². The van der Waals surface area contributed by atoms with E-state index in [1.165, 1.54) is 104 Å². The lowest BCUT2D eigenvalue weighted by Gasteiger charge is -2.36. The van der Waals surface area contributed by atoms with Gasteiger partial charge in [0.05, 0.1) is 0 Å². The minimum atomic E-state index is 0.380. The lowest BCUT2D eigenvalue weighted by Crippen LogP contribution is -2.34. The topological polar surface area (TPSA) is 3.24 Å². The van der Waals surface area contributed by atoms with Crippen molar-refractivity contribution in [2.45, 2.75) is 57.9 Å². The molecule has 1 saturated carbocycles. The summed E-state index contributed by atoms with van der Waals surface area (Å²) in [5, 5.41) is 2.32. The molecular weight excluding hydrogens is 579 g/mol. The Kier molecular flexibility index (Phi) is 7.05. The van der Waals surface area contributed by atoms with Crippen LogP contribution < -0.4 is 4.90 Å². The Morgan fingerprint density at radius 2 is 1.38 bits per heavy atom. The molecule has 48 heavy (non-hydrogen) atoms. The normalized spacial score (nSPS) is 18.1. The molecule has 1 heteroatoms. The molecule has 0 saturated heterocycles. The van der Waals surface area contributed by atoms with Crippen LogP contribution in [0.1, 0.15) is 68.6 Å². The number of benzene rings is 5. The number of rotatable bonds is 5. The molecule has 0 N–H and O–H groups in total. The number of fused-ring (bicyclic) bond motifs is 3. The Balaban J connectivity index is 1.24. The zero-order valence-corrected chi connectivity index (χ0v) is 27.8. The van der Waals surface area contributed by atoms with E-state index in [0.717, 1.165) is 11.8 Å². The highest BCUT2D eigenvalue weighted by atomic mass is 15.2. The highest BCUT2D eigenvalue weighted by Crippen LogP contribution is 2.54. The first-order valence-electron chi connectivity index (χ1n) is 17.6. The van der Waals surface area contributed by atoms with Crippen LogP contribution >= 0.6 is 0 Å². The van der Waals surface area contributed by atoms with Gasteiger partial charge in [0, 0.05) is 22.8 Å². The van der Waals surface area contributed by atoms with Gasteiger partial charge in [-0.15, -0.1) is 0 Å². The Labute approximate surface area is 284 Å². The van der Waals surface area contributed by atoms with Gasteiger partial charge in [-0.3, -0.25) is 0 Å². The summed E-state index contributed by atoms with van der Waals surface area (Å²) in [7, 11) is 0. The van der Waals surface area contributed by atoms with E-state index >= 15 is 0 Å². The van der Waals surface area contributed by atoms with Crippen molar-refractivity contribution < 1.29 is 0 Å². The molecule has 6 bridgehead atoms. The molecule has 2 atom stereocenters. The largest absolute Gasteiger partial charge is 0.342 e. The molecule has 1 nitrogen and oxygen atoms in total. The smallest absolute Gasteiger partial charge is 0.0423 e. The molecule has 9 rings (SSSR count). The van der Waals surface area contributed by atoms with Crippen molar-refractivity contribution >= 4 is 27.6 Å². The van der Waals surface area contributed by atoms with E-state index in [9.17, 15) is 0 Å². The third-order valence-corrected chi connectivity index (χ3v) is 11.1. The second kappa shape index (κ2) is 11.7. The Hall–Kier alpha value is -5.32. The molecule has 6 aromatic carbocycles. The van der Waals surface area contributed by atoms with E-state index in [1.54, 1.807) is 0 Å². The van der Waals surface area contributed by atoms with Gasteiger partial charge >= 0.3 is 0 Å². The maximum atomic E-state index is 3.40. The van der Waals surface area contributed by atoms with E-state index in [-0.39, 0.29) is 0 Å². The molecule has 0 aliphatic heterocycles. The standard InChI is InChI=1S/C47H39N/c1-31(28-45-32(2)39-22-12-24-43-44-25-13-23-42(47(44)45)40-20-10-11-21-41(40)46(39)43)48(38-27-26-34-16-6-7-17-36(34)30-38)37-19-9-8-18-35(29-37)33-14-4-3-5-15-33/h3-6,10-16,20-28,30,35,37H,8-9,18-19,29H2,1-2H3/b31-28+. The predicted molar refractivity (Wildman–Crippen MR) is 203 cm³/mol. The third-order valence-electron chi connectivity index (χ3n) is 11.1. The molecule has 0 aromatic heterocycles. The molecule has 3 aliphatic rings. The molecular formula is C47H39N. The molecule has 0 spiro atoms. The molecule has 6 aromatic rings. The lowest BCUT2D eigenvalue weighted by atomic mass is 9.83. The van der Waals surface area contributed by atoms with Gasteiger partial charge in [0.2, 0.25) is 0 Å². The van der Waals surface area contributed by atoms with Crippen LogP contribution in [0.15, 0.2) is 133 Å². The first-order valence-corrected chi connectivity index (χ1v) is 17.6. The average molecular weight is 618 g/mol. The lowest BCUT2D eigenvalue weighted by molar-refractivity contribution is 0.516. The van der Waals surface area contributed by atoms with E-state index in [2.05, 4.69) is 152 Å². The maximum Gasteiger partial charge on any atom is 0.0423 e. The van der Waals surface area contributed by atoms with E-state index < -0.39 is 0 Å². The fourth-order valence-corrected chi connectivity index (χ4v) is 8.90. The van der Waals surface area contributed by atoms with Gasteiger partial charge < -0.3 is 4.90 Å². The molecule has 3 aliphatic carbocycles. The third kappa shape index (κ3) is 4.70. The van der Waals surface area contributed by atoms with Crippen LogP contribution in [-0.4, -0.2) is 6.04 Å². The summed E-state index contributed by atoms with van der Waals surface area (Å²) in [5.74, 6) is 0.548. The van der Waals surface area contributed by atoms with Gasteiger partial charge in [-0.1, -0.05) is 122 Å². The minimum Gasteiger partial charge on any atom is -0.342 e. The van der Waals surface area contributed by atoms with Crippen LogP contribution in [0.4, 0.5) is 5.69 Å². The van der Waals surface area contributed by atoms with Crippen LogP contribution in [0.25, 0.3) is 55.3 Å². The van der Waals surface area contributed by atoms with E-state index in [4.69, 9.17) is 0 Å². The number of nitrogens with zero attached hydrogens (tertiary/aromatic N) is 1. The Morgan fingerprint density at radius 1 is 0.688 bits per heavy atom. The van der Waals surface area contributed by atoms with Crippen LogP contribution in [-0.2, 0) is 0 Å². The average Bonchev–Trinajstić information content (AvgIpc) is 3.44. The quantitative estimate of drug-likeness (QED) is 0.174. The van der Waals surface area contributed by atoms with Crippen molar-refractivity contribution in [3.8, 4) is 33.4 Å². The van der Waals surface area contributed by atoms with Crippen molar-refractivity contribution in [1.82, 2.24) is 0 Å². The van der Waals surface area contributed by atoms with Crippen molar-refractivity contribution in [2.24, 2.45) is 0 Å². The summed E-state index contributed by atoms with van der Waals surface area (Å²) in [6.45, 7) is 4.68. The van der Waals surface area contributed by atoms with Gasteiger partial charge in [-0.05, 0) is 136 Å². The highest BCUT2D eigenvalue weighted by molar-refractivity contribution is 6.15. The number of hydrogen-bond donors (Lipinski definition) is 0. The molecule has 0 radical (unpaired) electrons. The van der Waals surface area contributed by atoms with Crippen molar-refractivity contribution in [1.29, 1.82) is 0 Å². The first-order chi connectivity index (χ1) is 23.7. The summed E-state index contributed by atoms with van der Waals surface area (Å²) < 4.78 is 0. The van der Waals surface area contributed by atoms with Gasteiger partial charge in [0.25, 0.3) is 0 Å². The summed E-state index contributed by atoms with van der Waals surface area (Å²) in [4.78, 5) is 2.67. The zero-order valence-electron chi connectivity index (χ0n) is 27.8. The van der Waals surface area contributed by atoms with Gasteiger partial charge in [0.15, 0.2) is 0 Å². The minimum absolute atomic E-state index is 0.380. The van der Waals surface area contributed by atoms with E-state index in [0.29, 0.717) is 12.0 Å². The SMILES string of the molecule is CC1=C(/C=C(\C)N(c2ccc3ccc#cc3c2)C2CCCCC(c3ccccc3)C2)c2c3cccc2-c2cccc1c2-c1ccccc1-3. The van der Waals surface area contributed by atoms with Crippen molar-refractivity contribution in [2.75, 3.05) is 4.90 Å². The van der Waals surface area contributed by atoms with Gasteiger partial charge in [0.1, 0.15) is 0 Å². The second-order valence-electron chi connectivity index (χ2n) is 13.9. The van der Waals surface area contributed by atoms with Gasteiger partial charge in [-0.25, -0.2) is 0 Å². The molecule has 0 heterocycles. The predicted octanol–water partition coefficient (Wildman–Crippen LogP) is 12.5. The monoisotopic (exact) mass is 617 g/mol. The molecule has 1 fully saturated rings. The summed E-state index contributed by atoms with van der Waals surface area (Å²) >= 11 is 0. The summed E-state index contributed by atoms with van der Waals surface area (Å²) in [6.07, 6.45) is 8.58. The Bertz CT molecular complexity index is 2250. The van der Waals surface area contributed by atoms with Crippen LogP contribution in [0.5, 0.6) is 0 Å². The second-order valence-corrected chi connectivity index (χ2v) is 13.9. The fourth-order valence-electron chi connectivity index (χ4n) is 8.90. The number of hydrogen-bond acceptors (Lipinski definition) is 1. The van der Waals surface area contributed by atoms with Crippen molar-refractivity contribution in [3.63, 3.8) is 0 Å². The maximum absolute atomic E-state index is 3.40. The molecule has 232 valence electrons. The van der Waals surface area contributed by atoms with Crippen LogP contribution in [0, 0.1) is 12.1 Å². The molecule has 2 unspecified atom stereocenters. The number of anilines is 1. The van der Waals surface area contributed by atoms with E-state index in [1.807, 2.05) is 6.07 Å². The van der Waals surface area contributed by atoms with Gasteiger partial charge in [-0.2, -0.15) is 0 Å². The van der Waals surface area contributed by atoms with Crippen LogP contribution in [0.2, 0.25) is 0 Å². The highest BCUT2D eigenvalue weighted by Gasteiger charge is 2.32. The fraction of sp³-hybridized carbons (Fsp3) is 0.191. The number of allylic oxidation sites excluding steroid dienone is 4.